The smallest absolute Gasteiger partial charge is 0.236 e. The maximum absolute atomic E-state index is 12.0. The third-order valence-corrected chi connectivity index (χ3v) is 3.89. The third-order valence-electron chi connectivity index (χ3n) is 3.89. The summed E-state index contributed by atoms with van der Waals surface area (Å²) in [6.45, 7) is 2.91. The average Bonchev–Trinajstić information content (AvgIpc) is 2.47. The summed E-state index contributed by atoms with van der Waals surface area (Å²) in [5.41, 5.74) is 2.36. The molecule has 0 bridgehead atoms. The maximum Gasteiger partial charge on any atom is 0.236 e. The Morgan fingerprint density at radius 3 is 3.10 bits per heavy atom. The Morgan fingerprint density at radius 1 is 1.52 bits per heavy atom. The van der Waals surface area contributed by atoms with Crippen molar-refractivity contribution in [3.63, 3.8) is 0 Å². The molecule has 0 saturated heterocycles. The van der Waals surface area contributed by atoms with Gasteiger partial charge in [0, 0.05) is 19.7 Å². The molecule has 0 fully saturated rings. The van der Waals surface area contributed by atoms with Gasteiger partial charge in [0.25, 0.3) is 0 Å². The second kappa shape index (κ2) is 7.43. The Hall–Kier alpha value is -1.59. The summed E-state index contributed by atoms with van der Waals surface area (Å²) in [6.07, 6.45) is 3.05. The molecular weight excluding hydrogens is 268 g/mol. The van der Waals surface area contributed by atoms with E-state index in [-0.39, 0.29) is 18.0 Å². The summed E-state index contributed by atoms with van der Waals surface area (Å²) < 4.78 is 4.92. The van der Waals surface area contributed by atoms with Crippen LogP contribution in [0.3, 0.4) is 0 Å². The predicted octanol–water partition coefficient (Wildman–Crippen LogP) is 1.51. The van der Waals surface area contributed by atoms with Gasteiger partial charge in [-0.25, -0.2) is 0 Å². The van der Waals surface area contributed by atoms with Crippen LogP contribution in [-0.4, -0.2) is 37.3 Å². The predicted molar refractivity (Wildman–Crippen MR) is 81.3 cm³/mol. The number of aryl methyl sites for hydroxylation is 1. The van der Waals surface area contributed by atoms with Crippen LogP contribution < -0.4 is 10.6 Å². The minimum Gasteiger partial charge on any atom is -0.508 e. The lowest BCUT2D eigenvalue weighted by Gasteiger charge is -2.29. The summed E-state index contributed by atoms with van der Waals surface area (Å²) in [7, 11) is 1.61. The molecule has 5 nitrogen and oxygen atoms in total. The summed E-state index contributed by atoms with van der Waals surface area (Å²) in [6, 6.07) is 5.40. The van der Waals surface area contributed by atoms with E-state index in [4.69, 9.17) is 4.74 Å². The fourth-order valence-corrected chi connectivity index (χ4v) is 2.78. The van der Waals surface area contributed by atoms with Crippen molar-refractivity contribution in [2.24, 2.45) is 0 Å². The molecule has 2 rings (SSSR count). The van der Waals surface area contributed by atoms with Gasteiger partial charge in [0.1, 0.15) is 5.75 Å². The van der Waals surface area contributed by atoms with Crippen molar-refractivity contribution in [2.45, 2.75) is 38.3 Å². The lowest BCUT2D eigenvalue weighted by atomic mass is 9.87. The van der Waals surface area contributed by atoms with Gasteiger partial charge in [-0.2, -0.15) is 0 Å². The molecule has 0 saturated carbocycles. The SMILES string of the molecule is COCCNC(=O)C(C)NC1CCCc2cc(O)ccc21. The van der Waals surface area contributed by atoms with E-state index in [1.54, 1.807) is 13.2 Å². The van der Waals surface area contributed by atoms with Gasteiger partial charge in [0.2, 0.25) is 5.91 Å². The van der Waals surface area contributed by atoms with Crippen molar-refractivity contribution in [3.8, 4) is 5.75 Å². The summed E-state index contributed by atoms with van der Waals surface area (Å²) in [5, 5.41) is 15.8. The highest BCUT2D eigenvalue weighted by molar-refractivity contribution is 5.81. The van der Waals surface area contributed by atoms with Crippen LogP contribution in [0.5, 0.6) is 5.75 Å². The number of carbonyl (C=O) groups is 1. The first-order chi connectivity index (χ1) is 10.1. The largest absolute Gasteiger partial charge is 0.508 e. The van der Waals surface area contributed by atoms with E-state index in [9.17, 15) is 9.90 Å². The molecule has 3 N–H and O–H groups in total. The number of amides is 1. The van der Waals surface area contributed by atoms with Crippen molar-refractivity contribution < 1.29 is 14.6 Å². The minimum atomic E-state index is -0.258. The van der Waals surface area contributed by atoms with Crippen molar-refractivity contribution in [2.75, 3.05) is 20.3 Å². The Balaban J connectivity index is 1.96. The van der Waals surface area contributed by atoms with E-state index in [1.165, 1.54) is 11.1 Å². The van der Waals surface area contributed by atoms with Gasteiger partial charge >= 0.3 is 0 Å². The zero-order valence-electron chi connectivity index (χ0n) is 12.7. The highest BCUT2D eigenvalue weighted by Crippen LogP contribution is 2.32. The van der Waals surface area contributed by atoms with E-state index in [0.29, 0.717) is 18.9 Å². The summed E-state index contributed by atoms with van der Waals surface area (Å²) >= 11 is 0. The zero-order valence-corrected chi connectivity index (χ0v) is 12.7. The number of rotatable bonds is 6. The molecule has 1 aromatic carbocycles. The molecule has 116 valence electrons. The molecule has 0 spiro atoms. The average molecular weight is 292 g/mol. The van der Waals surface area contributed by atoms with Crippen LogP contribution >= 0.6 is 0 Å². The monoisotopic (exact) mass is 292 g/mol. The second-order valence-corrected chi connectivity index (χ2v) is 5.50. The number of carbonyl (C=O) groups excluding carboxylic acids is 1. The topological polar surface area (TPSA) is 70.6 Å². The molecule has 0 heterocycles. The van der Waals surface area contributed by atoms with E-state index < -0.39 is 0 Å². The van der Waals surface area contributed by atoms with E-state index in [2.05, 4.69) is 10.6 Å². The van der Waals surface area contributed by atoms with Crippen molar-refractivity contribution in [1.82, 2.24) is 10.6 Å². The van der Waals surface area contributed by atoms with E-state index in [1.807, 2.05) is 19.1 Å². The Bertz CT molecular complexity index is 490. The van der Waals surface area contributed by atoms with Crippen molar-refractivity contribution in [3.05, 3.63) is 29.3 Å². The number of hydrogen-bond acceptors (Lipinski definition) is 4. The summed E-state index contributed by atoms with van der Waals surface area (Å²) in [5.74, 6) is 0.290. The lowest BCUT2D eigenvalue weighted by Crippen LogP contribution is -2.45. The maximum atomic E-state index is 12.0. The number of nitrogens with one attached hydrogen (secondary N) is 2. The lowest BCUT2D eigenvalue weighted by molar-refractivity contribution is -0.123. The fourth-order valence-electron chi connectivity index (χ4n) is 2.78. The Labute approximate surface area is 125 Å². The summed E-state index contributed by atoms with van der Waals surface area (Å²) in [4.78, 5) is 12.0. The van der Waals surface area contributed by atoms with Crippen molar-refractivity contribution in [1.29, 1.82) is 0 Å². The molecule has 5 heteroatoms. The van der Waals surface area contributed by atoms with Crippen LogP contribution in [-0.2, 0) is 16.0 Å². The molecule has 1 aliphatic carbocycles. The van der Waals surface area contributed by atoms with Crippen LogP contribution in [0, 0.1) is 0 Å². The first kappa shape index (κ1) is 15.8. The molecule has 2 unspecified atom stereocenters. The van der Waals surface area contributed by atoms with Crippen LogP contribution in [0.2, 0.25) is 0 Å². The molecule has 21 heavy (non-hydrogen) atoms. The number of ether oxygens (including phenoxy) is 1. The van der Waals surface area contributed by atoms with Gasteiger partial charge in [-0.05, 0) is 49.4 Å². The standard InChI is InChI=1S/C16H24N2O3/c1-11(16(20)17-8-9-21-2)18-15-5-3-4-12-10-13(19)6-7-14(12)15/h6-7,10-11,15,18-19H,3-5,8-9H2,1-2H3,(H,17,20). The van der Waals surface area contributed by atoms with Gasteiger partial charge in [0.05, 0.1) is 12.6 Å². The van der Waals surface area contributed by atoms with Gasteiger partial charge in [-0.15, -0.1) is 0 Å². The van der Waals surface area contributed by atoms with Crippen LogP contribution in [0.15, 0.2) is 18.2 Å². The fraction of sp³-hybridized carbons (Fsp3) is 0.562. The first-order valence-corrected chi connectivity index (χ1v) is 7.46. The number of fused-ring (bicyclic) bond motifs is 1. The highest BCUT2D eigenvalue weighted by Gasteiger charge is 2.23. The number of methoxy groups -OCH3 is 1. The normalized spacial score (nSPS) is 18.9. The van der Waals surface area contributed by atoms with Gasteiger partial charge in [-0.1, -0.05) is 6.07 Å². The Morgan fingerprint density at radius 2 is 2.33 bits per heavy atom. The zero-order chi connectivity index (χ0) is 15.2. The molecule has 1 amide bonds. The molecule has 0 aromatic heterocycles. The number of aromatic hydroxyl groups is 1. The van der Waals surface area contributed by atoms with E-state index in [0.717, 1.165) is 19.3 Å². The number of phenols is 1. The third kappa shape index (κ3) is 4.19. The molecular formula is C16H24N2O3. The molecule has 2 atom stereocenters. The van der Waals surface area contributed by atoms with Gasteiger partial charge < -0.3 is 15.2 Å². The van der Waals surface area contributed by atoms with Gasteiger partial charge in [0.15, 0.2) is 0 Å². The Kier molecular flexibility index (Phi) is 5.59. The first-order valence-electron chi connectivity index (χ1n) is 7.46. The second-order valence-electron chi connectivity index (χ2n) is 5.50. The van der Waals surface area contributed by atoms with Crippen LogP contribution in [0.25, 0.3) is 0 Å². The molecule has 1 aromatic rings. The van der Waals surface area contributed by atoms with E-state index >= 15 is 0 Å². The quantitative estimate of drug-likeness (QED) is 0.695. The number of benzene rings is 1. The van der Waals surface area contributed by atoms with Crippen LogP contribution in [0.1, 0.15) is 36.9 Å². The molecule has 0 radical (unpaired) electrons. The molecule has 0 aliphatic heterocycles. The minimum absolute atomic E-state index is 0.0158. The van der Waals surface area contributed by atoms with Crippen LogP contribution in [0.4, 0.5) is 0 Å². The highest BCUT2D eigenvalue weighted by atomic mass is 16.5. The van der Waals surface area contributed by atoms with Crippen molar-refractivity contribution >= 4 is 5.91 Å². The van der Waals surface area contributed by atoms with Gasteiger partial charge in [-0.3, -0.25) is 10.1 Å². The number of hydrogen-bond donors (Lipinski definition) is 3. The number of phenolic OH excluding ortho intramolecular Hbond substituents is 1. The molecule has 1 aliphatic rings.